The summed E-state index contributed by atoms with van der Waals surface area (Å²) in [5, 5.41) is 4.44. The number of nitrogens with one attached hydrogen (secondary N) is 1. The molecule has 2 heterocycles. The molecule has 19 heavy (non-hydrogen) atoms. The lowest BCUT2D eigenvalue weighted by molar-refractivity contribution is 0.168. The van der Waals surface area contributed by atoms with E-state index in [0.717, 1.165) is 10.4 Å². The summed E-state index contributed by atoms with van der Waals surface area (Å²) in [4.78, 5) is 16.3. The molecule has 0 unspecified atom stereocenters. The molecule has 0 aliphatic rings. The summed E-state index contributed by atoms with van der Waals surface area (Å²) in [6.07, 6.45) is -0.573. The van der Waals surface area contributed by atoms with Gasteiger partial charge in [-0.25, -0.2) is 9.78 Å². The Balaban J connectivity index is 2.34. The van der Waals surface area contributed by atoms with Crippen LogP contribution in [0.4, 0.5) is 22.1 Å². The molecule has 2 rings (SSSR count). The molecule has 100 valence electrons. The largest absolute Gasteiger partial charge is 0.450 e. The molecule has 2 aromatic heterocycles. The lowest BCUT2D eigenvalue weighted by atomic mass is 10.2. The van der Waals surface area contributed by atoms with E-state index in [0.29, 0.717) is 11.5 Å². The Kier molecular flexibility index (Phi) is 3.86. The van der Waals surface area contributed by atoms with Gasteiger partial charge in [0.15, 0.2) is 0 Å². The summed E-state index contributed by atoms with van der Waals surface area (Å²) in [6.45, 7) is 2.01. The number of hydrogen-bond acceptors (Lipinski definition) is 6. The first-order valence-corrected chi connectivity index (χ1v) is 6.53. The van der Waals surface area contributed by atoms with Crippen LogP contribution >= 0.6 is 11.3 Å². The number of hydrogen-bond donors (Lipinski definition) is 3. The van der Waals surface area contributed by atoms with E-state index >= 15 is 0 Å². The predicted molar refractivity (Wildman–Crippen MR) is 77.0 cm³/mol. The molecule has 0 saturated heterocycles. The standard InChI is InChI=1S/C12H14N4O2S/c1-2-18-12(17)16-9-6-7(8-4-3-5-19-8)10(13)11(14)15-9/h3-6H,2,13H2,1H3,(H3,14,15,16,17). The lowest BCUT2D eigenvalue weighted by Gasteiger charge is -2.10. The maximum absolute atomic E-state index is 11.4. The average molecular weight is 278 g/mol. The molecule has 0 atom stereocenters. The van der Waals surface area contributed by atoms with Crippen molar-refractivity contribution in [2.45, 2.75) is 6.92 Å². The number of aromatic nitrogens is 1. The van der Waals surface area contributed by atoms with Gasteiger partial charge in [0.05, 0.1) is 12.3 Å². The Hall–Kier alpha value is -2.28. The van der Waals surface area contributed by atoms with Gasteiger partial charge in [-0.05, 0) is 24.4 Å². The van der Waals surface area contributed by atoms with Crippen LogP contribution in [0, 0.1) is 0 Å². The first-order valence-electron chi connectivity index (χ1n) is 5.65. The smallest absolute Gasteiger partial charge is 0.412 e. The fraction of sp³-hybridized carbons (Fsp3) is 0.167. The highest BCUT2D eigenvalue weighted by molar-refractivity contribution is 7.13. The molecule has 0 radical (unpaired) electrons. The number of ether oxygens (including phenoxy) is 1. The molecule has 6 nitrogen and oxygen atoms in total. The van der Waals surface area contributed by atoms with E-state index in [1.807, 2.05) is 17.5 Å². The maximum atomic E-state index is 11.4. The van der Waals surface area contributed by atoms with Crippen molar-refractivity contribution in [3.63, 3.8) is 0 Å². The summed E-state index contributed by atoms with van der Waals surface area (Å²) < 4.78 is 4.79. The highest BCUT2D eigenvalue weighted by Crippen LogP contribution is 2.34. The number of rotatable bonds is 3. The molecule has 1 amide bonds. The average Bonchev–Trinajstić information content (AvgIpc) is 2.87. The Morgan fingerprint density at radius 1 is 1.53 bits per heavy atom. The van der Waals surface area contributed by atoms with Gasteiger partial charge in [0.1, 0.15) is 11.6 Å². The van der Waals surface area contributed by atoms with Crippen LogP contribution in [0.3, 0.4) is 0 Å². The van der Waals surface area contributed by atoms with E-state index < -0.39 is 6.09 Å². The molecular formula is C12H14N4O2S. The van der Waals surface area contributed by atoms with Crippen molar-refractivity contribution < 1.29 is 9.53 Å². The van der Waals surface area contributed by atoms with Gasteiger partial charge in [0.2, 0.25) is 0 Å². The molecule has 2 aromatic rings. The molecule has 5 N–H and O–H groups in total. The Bertz CT molecular complexity index is 584. The van der Waals surface area contributed by atoms with Crippen LogP contribution in [0.15, 0.2) is 23.6 Å². The quantitative estimate of drug-likeness (QED) is 0.800. The van der Waals surface area contributed by atoms with Crippen LogP contribution in [0.2, 0.25) is 0 Å². The second-order valence-corrected chi connectivity index (χ2v) is 4.62. The highest BCUT2D eigenvalue weighted by Gasteiger charge is 2.12. The zero-order chi connectivity index (χ0) is 13.8. The Labute approximate surface area is 114 Å². The van der Waals surface area contributed by atoms with E-state index in [1.165, 1.54) is 11.3 Å². The van der Waals surface area contributed by atoms with Gasteiger partial charge in [-0.15, -0.1) is 11.3 Å². The predicted octanol–water partition coefficient (Wildman–Crippen LogP) is 2.54. The van der Waals surface area contributed by atoms with E-state index in [9.17, 15) is 4.79 Å². The highest BCUT2D eigenvalue weighted by atomic mass is 32.1. The van der Waals surface area contributed by atoms with Crippen LogP contribution in [0.1, 0.15) is 6.92 Å². The normalized spacial score (nSPS) is 10.2. The first-order chi connectivity index (χ1) is 9.11. The van der Waals surface area contributed by atoms with Crippen molar-refractivity contribution >= 4 is 34.8 Å². The minimum atomic E-state index is -0.573. The van der Waals surface area contributed by atoms with Crippen LogP contribution < -0.4 is 16.8 Å². The topological polar surface area (TPSA) is 103 Å². The number of nitrogens with two attached hydrogens (primary N) is 2. The second-order valence-electron chi connectivity index (χ2n) is 3.68. The van der Waals surface area contributed by atoms with Crippen molar-refractivity contribution in [1.82, 2.24) is 4.98 Å². The van der Waals surface area contributed by atoms with Crippen molar-refractivity contribution in [2.75, 3.05) is 23.4 Å². The first kappa shape index (κ1) is 13.2. The third-order valence-electron chi connectivity index (χ3n) is 2.38. The van der Waals surface area contributed by atoms with Gasteiger partial charge in [-0.1, -0.05) is 6.07 Å². The van der Waals surface area contributed by atoms with Gasteiger partial charge in [-0.3, -0.25) is 5.32 Å². The zero-order valence-electron chi connectivity index (χ0n) is 10.3. The molecular weight excluding hydrogens is 264 g/mol. The number of amides is 1. The number of nitrogen functional groups attached to an aromatic ring is 2. The third kappa shape index (κ3) is 2.94. The number of pyridine rings is 1. The minimum absolute atomic E-state index is 0.178. The van der Waals surface area contributed by atoms with Crippen LogP contribution in [-0.4, -0.2) is 17.7 Å². The molecule has 7 heteroatoms. The SMILES string of the molecule is CCOC(=O)Nc1cc(-c2cccs2)c(N)c(N)n1. The van der Waals surface area contributed by atoms with Crippen LogP contribution in [0.25, 0.3) is 10.4 Å². The van der Waals surface area contributed by atoms with Gasteiger partial charge < -0.3 is 16.2 Å². The molecule has 0 fully saturated rings. The number of carbonyl (C=O) groups excluding carboxylic acids is 1. The summed E-state index contributed by atoms with van der Waals surface area (Å²) in [6, 6.07) is 5.51. The monoisotopic (exact) mass is 278 g/mol. The molecule has 0 bridgehead atoms. The Morgan fingerprint density at radius 2 is 2.32 bits per heavy atom. The fourth-order valence-corrected chi connectivity index (χ4v) is 2.30. The molecule has 0 aliphatic carbocycles. The lowest BCUT2D eigenvalue weighted by Crippen LogP contribution is -2.15. The van der Waals surface area contributed by atoms with Crippen LogP contribution in [0.5, 0.6) is 0 Å². The zero-order valence-corrected chi connectivity index (χ0v) is 11.2. The maximum Gasteiger partial charge on any atom is 0.412 e. The van der Waals surface area contributed by atoms with Crippen molar-refractivity contribution in [1.29, 1.82) is 0 Å². The molecule has 0 spiro atoms. The van der Waals surface area contributed by atoms with Crippen LogP contribution in [-0.2, 0) is 4.74 Å². The van der Waals surface area contributed by atoms with Gasteiger partial charge >= 0.3 is 6.09 Å². The van der Waals surface area contributed by atoms with Gasteiger partial charge in [-0.2, -0.15) is 0 Å². The summed E-state index contributed by atoms with van der Waals surface area (Å²) >= 11 is 1.53. The van der Waals surface area contributed by atoms with Crippen molar-refractivity contribution in [3.8, 4) is 10.4 Å². The Morgan fingerprint density at radius 3 is 2.95 bits per heavy atom. The fourth-order valence-electron chi connectivity index (χ4n) is 1.55. The third-order valence-corrected chi connectivity index (χ3v) is 3.28. The summed E-state index contributed by atoms with van der Waals surface area (Å²) in [5.74, 6) is 0.492. The number of anilines is 3. The van der Waals surface area contributed by atoms with E-state index in [1.54, 1.807) is 13.0 Å². The van der Waals surface area contributed by atoms with E-state index in [-0.39, 0.29) is 12.4 Å². The van der Waals surface area contributed by atoms with Crippen molar-refractivity contribution in [2.24, 2.45) is 0 Å². The molecule has 0 aromatic carbocycles. The van der Waals surface area contributed by atoms with Crippen molar-refractivity contribution in [3.05, 3.63) is 23.6 Å². The number of carbonyl (C=O) groups is 1. The summed E-state index contributed by atoms with van der Waals surface area (Å²) in [5.41, 5.74) is 12.8. The van der Waals surface area contributed by atoms with Gasteiger partial charge in [0, 0.05) is 10.4 Å². The molecule has 0 saturated carbocycles. The number of thiophene rings is 1. The van der Waals surface area contributed by atoms with E-state index in [2.05, 4.69) is 10.3 Å². The minimum Gasteiger partial charge on any atom is -0.450 e. The second kappa shape index (κ2) is 5.57. The van der Waals surface area contributed by atoms with E-state index in [4.69, 9.17) is 16.2 Å². The van der Waals surface area contributed by atoms with Gasteiger partial charge in [0.25, 0.3) is 0 Å². The molecule has 0 aliphatic heterocycles. The summed E-state index contributed by atoms with van der Waals surface area (Å²) in [7, 11) is 0. The number of nitrogens with zero attached hydrogens (tertiary/aromatic N) is 1.